The van der Waals surface area contributed by atoms with E-state index in [1.54, 1.807) is 66.7 Å². The van der Waals surface area contributed by atoms with Crippen molar-refractivity contribution in [2.75, 3.05) is 45.2 Å². The molecule has 1 atom stereocenters. The number of nitrogens with one attached hydrogen (secondary N) is 1. The third-order valence-corrected chi connectivity index (χ3v) is 9.53. The lowest BCUT2D eigenvalue weighted by molar-refractivity contribution is -0.139. The number of nitrogens with zero attached hydrogens (tertiary/aromatic N) is 3. The third kappa shape index (κ3) is 7.27. The van der Waals surface area contributed by atoms with E-state index >= 15 is 0 Å². The van der Waals surface area contributed by atoms with Crippen LogP contribution >= 0.6 is 22.9 Å². The number of amides is 3. The Morgan fingerprint density at radius 1 is 0.865 bits per heavy atom. The van der Waals surface area contributed by atoms with Crippen molar-refractivity contribution >= 4 is 57.8 Å². The number of aromatic nitrogens is 1. The Labute approximate surface area is 308 Å². The summed E-state index contributed by atoms with van der Waals surface area (Å²) in [6.07, 6.45) is 0. The monoisotopic (exact) mass is 740 g/mol. The number of benzene rings is 4. The lowest BCUT2D eigenvalue weighted by atomic mass is 10.0. The maximum atomic E-state index is 14.6. The second-order valence-electron chi connectivity index (χ2n) is 11.5. The Morgan fingerprint density at radius 2 is 1.60 bits per heavy atom. The molecule has 266 valence electrons. The number of ketones is 1. The van der Waals surface area contributed by atoms with E-state index in [9.17, 15) is 19.2 Å². The number of fused-ring (bicyclic) bond motifs is 1. The van der Waals surface area contributed by atoms with Gasteiger partial charge in [-0.15, -0.1) is 11.3 Å². The summed E-state index contributed by atoms with van der Waals surface area (Å²) in [4.78, 5) is 62.6. The van der Waals surface area contributed by atoms with Gasteiger partial charge in [0.05, 0.1) is 57.6 Å². The minimum absolute atomic E-state index is 0.138. The second-order valence-corrected chi connectivity index (χ2v) is 12.8. The van der Waals surface area contributed by atoms with Gasteiger partial charge >= 0.3 is 0 Å². The van der Waals surface area contributed by atoms with Gasteiger partial charge in [-0.3, -0.25) is 24.1 Å². The molecular weight excluding hydrogens is 708 g/mol. The minimum Gasteiger partial charge on any atom is -0.497 e. The molecule has 0 saturated carbocycles. The first-order chi connectivity index (χ1) is 25.1. The van der Waals surface area contributed by atoms with Gasteiger partial charge in [-0.2, -0.15) is 0 Å². The van der Waals surface area contributed by atoms with E-state index in [1.165, 1.54) is 50.7 Å². The van der Waals surface area contributed by atoms with Crippen LogP contribution < -0.4 is 29.2 Å². The zero-order chi connectivity index (χ0) is 36.9. The van der Waals surface area contributed by atoms with Crippen molar-refractivity contribution < 1.29 is 38.1 Å². The van der Waals surface area contributed by atoms with E-state index in [0.29, 0.717) is 55.7 Å². The molecule has 0 fully saturated rings. The topological polar surface area (TPSA) is 137 Å². The first-order valence-electron chi connectivity index (χ1n) is 15.9. The van der Waals surface area contributed by atoms with Gasteiger partial charge in [-0.05, 0) is 54.1 Å². The lowest BCUT2D eigenvalue weighted by Crippen LogP contribution is -2.46. The van der Waals surface area contributed by atoms with Crippen molar-refractivity contribution in [1.29, 1.82) is 0 Å². The highest BCUT2D eigenvalue weighted by Crippen LogP contribution is 2.37. The van der Waals surface area contributed by atoms with Crippen LogP contribution in [-0.2, 0) is 20.9 Å². The van der Waals surface area contributed by atoms with Gasteiger partial charge in [0, 0.05) is 22.0 Å². The summed E-state index contributed by atoms with van der Waals surface area (Å²) in [6, 6.07) is 22.1. The zero-order valence-corrected chi connectivity index (χ0v) is 30.1. The number of anilines is 2. The van der Waals surface area contributed by atoms with E-state index in [4.69, 9.17) is 35.5 Å². The summed E-state index contributed by atoms with van der Waals surface area (Å²) in [5.74, 6) is -1.24. The van der Waals surface area contributed by atoms with Gasteiger partial charge in [-0.1, -0.05) is 41.9 Å². The minimum atomic E-state index is -1.31. The number of para-hydroxylation sites is 1. The predicted octanol–water partition coefficient (Wildman–Crippen LogP) is 6.44. The first kappa shape index (κ1) is 35.9. The first-order valence-corrected chi connectivity index (χ1v) is 17.1. The highest BCUT2D eigenvalue weighted by Gasteiger charge is 2.40. The quantitative estimate of drug-likeness (QED) is 0.135. The molecule has 1 aliphatic rings. The number of thiazole rings is 1. The van der Waals surface area contributed by atoms with Gasteiger partial charge in [0.2, 0.25) is 5.91 Å². The number of rotatable bonds is 13. The van der Waals surface area contributed by atoms with Crippen LogP contribution in [0.3, 0.4) is 0 Å². The molecule has 1 aliphatic heterocycles. The van der Waals surface area contributed by atoms with E-state index in [2.05, 4.69) is 5.32 Å². The second kappa shape index (κ2) is 15.5. The van der Waals surface area contributed by atoms with Crippen molar-refractivity contribution in [3.8, 4) is 34.3 Å². The Kier molecular flexibility index (Phi) is 10.7. The summed E-state index contributed by atoms with van der Waals surface area (Å²) in [5, 5.41) is 5.83. The molecule has 1 aromatic heterocycles. The Bertz CT molecular complexity index is 2160. The number of ether oxygens (including phenoxy) is 4. The van der Waals surface area contributed by atoms with Crippen LogP contribution in [0.1, 0.15) is 27.0 Å². The third-order valence-electron chi connectivity index (χ3n) is 8.44. The fourth-order valence-electron chi connectivity index (χ4n) is 5.84. The molecule has 0 saturated heterocycles. The number of hydrogen-bond donors (Lipinski definition) is 1. The molecule has 1 N–H and O–H groups in total. The normalized spacial score (nSPS) is 12.6. The molecule has 14 heteroatoms. The Hall–Kier alpha value is -5.92. The molecular formula is C38H33ClN4O8S. The largest absolute Gasteiger partial charge is 0.497 e. The van der Waals surface area contributed by atoms with Gasteiger partial charge in [0.25, 0.3) is 17.6 Å². The van der Waals surface area contributed by atoms with Crippen LogP contribution in [0.4, 0.5) is 11.4 Å². The van der Waals surface area contributed by atoms with Gasteiger partial charge in [0.15, 0.2) is 11.5 Å². The number of carbonyl (C=O) groups excluding carboxylic acids is 4. The summed E-state index contributed by atoms with van der Waals surface area (Å²) in [7, 11) is 5.92. The smallest absolute Gasteiger partial charge is 0.299 e. The summed E-state index contributed by atoms with van der Waals surface area (Å²) in [6.45, 7) is -0.666. The molecule has 3 amide bonds. The highest BCUT2D eigenvalue weighted by molar-refractivity contribution is 7.09. The Balaban J connectivity index is 1.45. The van der Waals surface area contributed by atoms with Crippen LogP contribution in [-0.4, -0.2) is 68.4 Å². The number of carbonyl (C=O) groups is 4. The molecule has 1 unspecified atom stereocenters. The number of Topliss-reactive ketones (excluding diaryl/α,β-unsaturated/α-hetero) is 1. The predicted molar refractivity (Wildman–Crippen MR) is 197 cm³/mol. The number of halogens is 1. The average Bonchev–Trinajstić information content (AvgIpc) is 3.73. The molecule has 6 rings (SSSR count). The van der Waals surface area contributed by atoms with Gasteiger partial charge in [-0.25, -0.2) is 4.98 Å². The summed E-state index contributed by atoms with van der Waals surface area (Å²) in [5.41, 5.74) is 2.64. The molecule has 4 aromatic carbocycles. The van der Waals surface area contributed by atoms with Crippen molar-refractivity contribution in [2.45, 2.75) is 12.6 Å². The maximum absolute atomic E-state index is 14.6. The maximum Gasteiger partial charge on any atom is 0.299 e. The van der Waals surface area contributed by atoms with Crippen LogP contribution in [0.15, 0.2) is 90.3 Å². The van der Waals surface area contributed by atoms with Crippen LogP contribution in [0.5, 0.6) is 23.0 Å². The van der Waals surface area contributed by atoms with Crippen molar-refractivity contribution in [3.63, 3.8) is 0 Å². The summed E-state index contributed by atoms with van der Waals surface area (Å²) >= 11 is 7.40. The fraction of sp³-hybridized carbons (Fsp3) is 0.184. The average molecular weight is 741 g/mol. The molecule has 0 spiro atoms. The standard InChI is InChI=1S/C38H33ClN4O8S/c1-48-25-14-15-27(31(18-25)50-3)41-37(46)35(23-11-16-30(49-2)32(17-23)51-4)43(19-33-40-28(21-52-33)22-9-12-24(39)13-10-22)34(44)20-42-29-8-6-5-7-26(29)36(45)38(42)47/h5-18,21,35H,19-20H2,1-4H3,(H,41,46). The summed E-state index contributed by atoms with van der Waals surface area (Å²) < 4.78 is 21.9. The van der Waals surface area contributed by atoms with E-state index < -0.39 is 36.1 Å². The molecule has 52 heavy (non-hydrogen) atoms. The van der Waals surface area contributed by atoms with E-state index in [0.717, 1.165) is 10.5 Å². The van der Waals surface area contributed by atoms with E-state index in [1.807, 2.05) is 17.5 Å². The van der Waals surface area contributed by atoms with Crippen LogP contribution in [0.2, 0.25) is 5.02 Å². The Morgan fingerprint density at radius 3 is 2.31 bits per heavy atom. The van der Waals surface area contributed by atoms with E-state index in [-0.39, 0.29) is 12.1 Å². The highest BCUT2D eigenvalue weighted by atomic mass is 35.5. The SMILES string of the molecule is COc1ccc(NC(=O)C(c2ccc(OC)c(OC)c2)N(Cc2nc(-c3ccc(Cl)cc3)cs2)C(=O)CN2C(=O)C(=O)c3ccccc32)c(OC)c1. The number of methoxy groups -OCH3 is 4. The van der Waals surface area contributed by atoms with Gasteiger partial charge in [0.1, 0.15) is 29.1 Å². The molecule has 0 bridgehead atoms. The molecule has 12 nitrogen and oxygen atoms in total. The van der Waals surface area contributed by atoms with Crippen molar-refractivity contribution in [1.82, 2.24) is 9.88 Å². The fourth-order valence-corrected chi connectivity index (χ4v) is 6.76. The van der Waals surface area contributed by atoms with Crippen molar-refractivity contribution in [3.05, 3.63) is 111 Å². The molecule has 0 radical (unpaired) electrons. The van der Waals surface area contributed by atoms with Crippen molar-refractivity contribution in [2.24, 2.45) is 0 Å². The molecule has 2 heterocycles. The molecule has 5 aromatic rings. The van der Waals surface area contributed by atoms with Crippen LogP contribution in [0.25, 0.3) is 11.3 Å². The zero-order valence-electron chi connectivity index (χ0n) is 28.5. The number of hydrogen-bond acceptors (Lipinski definition) is 10. The van der Waals surface area contributed by atoms with Crippen LogP contribution in [0, 0.1) is 0 Å². The lowest BCUT2D eigenvalue weighted by Gasteiger charge is -2.32. The molecule has 0 aliphatic carbocycles. The van der Waals surface area contributed by atoms with Gasteiger partial charge < -0.3 is 29.2 Å².